The van der Waals surface area contributed by atoms with Gasteiger partial charge in [0.2, 0.25) is 10.0 Å². The molecule has 1 aromatic rings. The number of hydrogen-bond donors (Lipinski definition) is 2. The van der Waals surface area contributed by atoms with E-state index in [0.717, 1.165) is 24.3 Å². The van der Waals surface area contributed by atoms with Gasteiger partial charge in [-0.1, -0.05) is 0 Å². The van der Waals surface area contributed by atoms with Crippen LogP contribution in [0.5, 0.6) is 0 Å². The van der Waals surface area contributed by atoms with E-state index in [1.165, 1.54) is 6.07 Å². The van der Waals surface area contributed by atoms with Gasteiger partial charge in [0, 0.05) is 12.6 Å². The van der Waals surface area contributed by atoms with Crippen LogP contribution in [0, 0.1) is 12.8 Å². The van der Waals surface area contributed by atoms with E-state index in [2.05, 4.69) is 4.72 Å². The van der Waals surface area contributed by atoms with Crippen molar-refractivity contribution in [1.29, 1.82) is 0 Å². The van der Waals surface area contributed by atoms with Crippen LogP contribution < -0.4 is 10.5 Å². The number of rotatable bonds is 5. The Kier molecular flexibility index (Phi) is 4.94. The summed E-state index contributed by atoms with van der Waals surface area (Å²) >= 11 is 1.93. The summed E-state index contributed by atoms with van der Waals surface area (Å²) in [6.07, 6.45) is 2.15. The maximum atomic E-state index is 12.2. The van der Waals surface area contributed by atoms with Crippen molar-refractivity contribution in [3.8, 4) is 0 Å². The van der Waals surface area contributed by atoms with Crippen LogP contribution in [-0.4, -0.2) is 26.5 Å². The minimum absolute atomic E-state index is 0.205. The van der Waals surface area contributed by atoms with Crippen molar-refractivity contribution < 1.29 is 12.8 Å². The molecule has 2 heterocycles. The van der Waals surface area contributed by atoms with Crippen molar-refractivity contribution in [2.24, 2.45) is 11.7 Å². The number of aryl methyl sites for hydroxylation is 1. The summed E-state index contributed by atoms with van der Waals surface area (Å²) in [4.78, 5) is 0.207. The lowest BCUT2D eigenvalue weighted by molar-refractivity contribution is 0.470. The molecule has 1 aliphatic heterocycles. The quantitative estimate of drug-likeness (QED) is 0.860. The summed E-state index contributed by atoms with van der Waals surface area (Å²) in [7, 11) is -3.49. The van der Waals surface area contributed by atoms with Crippen molar-refractivity contribution in [2.45, 2.75) is 31.2 Å². The van der Waals surface area contributed by atoms with Gasteiger partial charge in [0.05, 0.1) is 6.54 Å². The molecule has 108 valence electrons. The molecule has 19 heavy (non-hydrogen) atoms. The van der Waals surface area contributed by atoms with Crippen LogP contribution in [0.4, 0.5) is 0 Å². The van der Waals surface area contributed by atoms with Crippen molar-refractivity contribution >= 4 is 21.8 Å². The van der Waals surface area contributed by atoms with E-state index in [1.54, 1.807) is 6.92 Å². The Morgan fingerprint density at radius 2 is 2.16 bits per heavy atom. The topological polar surface area (TPSA) is 85.3 Å². The average molecular weight is 304 g/mol. The first kappa shape index (κ1) is 14.9. The third-order valence-electron chi connectivity index (χ3n) is 3.32. The van der Waals surface area contributed by atoms with Gasteiger partial charge in [-0.05, 0) is 37.2 Å². The third kappa shape index (κ3) is 3.75. The second kappa shape index (κ2) is 6.30. The minimum Gasteiger partial charge on any atom is -0.464 e. The number of hydrogen-bond acceptors (Lipinski definition) is 5. The number of nitrogens with one attached hydrogen (secondary N) is 1. The zero-order chi connectivity index (χ0) is 13.9. The van der Waals surface area contributed by atoms with E-state index in [9.17, 15) is 8.42 Å². The van der Waals surface area contributed by atoms with Crippen molar-refractivity contribution in [3.05, 3.63) is 17.6 Å². The summed E-state index contributed by atoms with van der Waals surface area (Å²) < 4.78 is 32.4. The third-order valence-corrected chi connectivity index (χ3v) is 5.90. The van der Waals surface area contributed by atoms with E-state index in [-0.39, 0.29) is 11.4 Å². The van der Waals surface area contributed by atoms with E-state index in [4.69, 9.17) is 10.2 Å². The van der Waals surface area contributed by atoms with Gasteiger partial charge in [-0.2, -0.15) is 11.8 Å². The molecule has 0 aromatic carbocycles. The van der Waals surface area contributed by atoms with E-state index >= 15 is 0 Å². The molecule has 0 atom stereocenters. The van der Waals surface area contributed by atoms with Crippen LogP contribution in [0.25, 0.3) is 0 Å². The monoisotopic (exact) mass is 304 g/mol. The Morgan fingerprint density at radius 3 is 2.74 bits per heavy atom. The van der Waals surface area contributed by atoms with Crippen molar-refractivity contribution in [1.82, 2.24) is 4.72 Å². The fourth-order valence-corrected chi connectivity index (χ4v) is 4.67. The largest absolute Gasteiger partial charge is 0.464 e. The molecule has 0 spiro atoms. The summed E-state index contributed by atoms with van der Waals surface area (Å²) in [5.41, 5.74) is 5.45. The van der Waals surface area contributed by atoms with Crippen LogP contribution in [-0.2, 0) is 16.6 Å². The highest BCUT2D eigenvalue weighted by molar-refractivity contribution is 7.99. The highest BCUT2D eigenvalue weighted by atomic mass is 32.2. The molecule has 0 amide bonds. The first-order valence-corrected chi connectivity index (χ1v) is 9.03. The molecule has 0 radical (unpaired) electrons. The van der Waals surface area contributed by atoms with Gasteiger partial charge in [0.1, 0.15) is 16.4 Å². The van der Waals surface area contributed by atoms with Gasteiger partial charge in [0.15, 0.2) is 0 Å². The van der Waals surface area contributed by atoms with Crippen molar-refractivity contribution in [2.75, 3.05) is 18.1 Å². The highest BCUT2D eigenvalue weighted by Gasteiger charge is 2.23. The fourth-order valence-electron chi connectivity index (χ4n) is 2.15. The predicted molar refractivity (Wildman–Crippen MR) is 76.6 cm³/mol. The van der Waals surface area contributed by atoms with Crippen LogP contribution in [0.15, 0.2) is 15.4 Å². The van der Waals surface area contributed by atoms with Crippen LogP contribution in [0.1, 0.15) is 24.4 Å². The minimum atomic E-state index is -3.49. The van der Waals surface area contributed by atoms with E-state index in [1.807, 2.05) is 11.8 Å². The second-order valence-electron chi connectivity index (χ2n) is 4.74. The molecular formula is C12H20N2O3S2. The van der Waals surface area contributed by atoms with E-state index < -0.39 is 10.0 Å². The van der Waals surface area contributed by atoms with E-state index in [0.29, 0.717) is 24.0 Å². The standard InChI is InChI=1S/C12H20N2O3S2/c1-9-12(6-11(7-13)17-9)19(15,16)14-8-10-2-4-18-5-3-10/h6,10,14H,2-5,7-8,13H2,1H3. The molecule has 1 saturated heterocycles. The normalized spacial score (nSPS) is 17.8. The molecule has 1 aliphatic rings. The van der Waals surface area contributed by atoms with Crippen LogP contribution >= 0.6 is 11.8 Å². The molecule has 0 saturated carbocycles. The van der Waals surface area contributed by atoms with Crippen LogP contribution in [0.2, 0.25) is 0 Å². The Labute approximate surface area is 118 Å². The molecule has 2 rings (SSSR count). The maximum Gasteiger partial charge on any atom is 0.244 e. The first-order chi connectivity index (χ1) is 9.03. The van der Waals surface area contributed by atoms with Gasteiger partial charge < -0.3 is 10.2 Å². The molecule has 0 unspecified atom stereocenters. The van der Waals surface area contributed by atoms with Gasteiger partial charge in [0.25, 0.3) is 0 Å². The molecule has 0 bridgehead atoms. The van der Waals surface area contributed by atoms with Gasteiger partial charge in [-0.15, -0.1) is 0 Å². The molecule has 1 fully saturated rings. The molecule has 3 N–H and O–H groups in total. The summed E-state index contributed by atoms with van der Waals surface area (Å²) in [5, 5.41) is 0. The lowest BCUT2D eigenvalue weighted by Crippen LogP contribution is -2.31. The SMILES string of the molecule is Cc1oc(CN)cc1S(=O)(=O)NCC1CCSCC1. The number of furan rings is 1. The number of sulfonamides is 1. The summed E-state index contributed by atoms with van der Waals surface area (Å²) in [6, 6.07) is 1.51. The Hall–Kier alpha value is -0.500. The first-order valence-electron chi connectivity index (χ1n) is 6.39. The van der Waals surface area contributed by atoms with Crippen LogP contribution in [0.3, 0.4) is 0 Å². The van der Waals surface area contributed by atoms with Gasteiger partial charge >= 0.3 is 0 Å². The maximum absolute atomic E-state index is 12.2. The lowest BCUT2D eigenvalue weighted by Gasteiger charge is -2.21. The molecule has 7 heteroatoms. The summed E-state index contributed by atoms with van der Waals surface area (Å²) in [5.74, 6) is 3.57. The molecular weight excluding hydrogens is 284 g/mol. The highest BCUT2D eigenvalue weighted by Crippen LogP contribution is 2.23. The lowest BCUT2D eigenvalue weighted by atomic mass is 10.0. The smallest absolute Gasteiger partial charge is 0.244 e. The Bertz CT molecular complexity index is 519. The second-order valence-corrected chi connectivity index (χ2v) is 7.71. The predicted octanol–water partition coefficient (Wildman–Crippen LogP) is 1.47. The number of nitrogens with two attached hydrogens (primary N) is 1. The molecule has 5 nitrogen and oxygen atoms in total. The Morgan fingerprint density at radius 1 is 1.47 bits per heavy atom. The summed E-state index contributed by atoms with van der Waals surface area (Å²) in [6.45, 7) is 2.35. The zero-order valence-electron chi connectivity index (χ0n) is 11.0. The average Bonchev–Trinajstić information content (AvgIpc) is 2.80. The van der Waals surface area contributed by atoms with Crippen molar-refractivity contribution in [3.63, 3.8) is 0 Å². The number of thioether (sulfide) groups is 1. The molecule has 1 aromatic heterocycles. The van der Waals surface area contributed by atoms with Gasteiger partial charge in [-0.3, -0.25) is 0 Å². The molecule has 0 aliphatic carbocycles. The fraction of sp³-hybridized carbons (Fsp3) is 0.667. The van der Waals surface area contributed by atoms with Gasteiger partial charge in [-0.25, -0.2) is 13.1 Å². The zero-order valence-corrected chi connectivity index (χ0v) is 12.6. The Balaban J connectivity index is 2.02.